The Morgan fingerprint density at radius 1 is 1.16 bits per heavy atom. The molecule has 1 N–H and O–H groups in total. The van der Waals surface area contributed by atoms with Crippen LogP contribution in [0.25, 0.3) is 0 Å². The van der Waals surface area contributed by atoms with Gasteiger partial charge in [0.25, 0.3) is 5.91 Å². The molecule has 0 fully saturated rings. The standard InChI is InChI=1S/C19H16BrNO4/c1-11(22)12-3-6-15(7-4-12)21-18(24)19(2)10-13-9-14(20)5-8-16(13)17(23)25-19/h3-9H,10H2,1-2H3,(H,21,24). The fraction of sp³-hybridized carbons (Fsp3) is 0.211. The van der Waals surface area contributed by atoms with Gasteiger partial charge in [-0.3, -0.25) is 9.59 Å². The second-order valence-electron chi connectivity index (χ2n) is 6.19. The quantitative estimate of drug-likeness (QED) is 0.627. The molecule has 0 aliphatic carbocycles. The summed E-state index contributed by atoms with van der Waals surface area (Å²) in [4.78, 5) is 36.2. The van der Waals surface area contributed by atoms with Gasteiger partial charge in [0.05, 0.1) is 5.56 Å². The first-order chi connectivity index (χ1) is 11.8. The van der Waals surface area contributed by atoms with Crippen molar-refractivity contribution < 1.29 is 19.1 Å². The number of nitrogens with one attached hydrogen (secondary N) is 1. The van der Waals surface area contributed by atoms with E-state index in [1.165, 1.54) is 6.92 Å². The minimum atomic E-state index is -1.30. The molecule has 0 saturated carbocycles. The number of carbonyl (C=O) groups is 3. The van der Waals surface area contributed by atoms with Crippen LogP contribution in [0.4, 0.5) is 5.69 Å². The number of benzene rings is 2. The topological polar surface area (TPSA) is 72.5 Å². The highest BCUT2D eigenvalue weighted by atomic mass is 79.9. The molecule has 0 radical (unpaired) electrons. The lowest BCUT2D eigenvalue weighted by atomic mass is 9.89. The first-order valence-corrected chi connectivity index (χ1v) is 8.52. The monoisotopic (exact) mass is 401 g/mol. The van der Waals surface area contributed by atoms with Crippen LogP contribution in [0.2, 0.25) is 0 Å². The summed E-state index contributed by atoms with van der Waals surface area (Å²) in [6.45, 7) is 3.07. The Bertz CT molecular complexity index is 875. The molecule has 1 aliphatic heterocycles. The molecular formula is C19H16BrNO4. The number of ether oxygens (including phenoxy) is 1. The zero-order chi connectivity index (χ0) is 18.2. The van der Waals surface area contributed by atoms with Crippen LogP contribution in [0.5, 0.6) is 0 Å². The number of fused-ring (bicyclic) bond motifs is 1. The summed E-state index contributed by atoms with van der Waals surface area (Å²) in [5.74, 6) is -0.978. The van der Waals surface area contributed by atoms with E-state index in [2.05, 4.69) is 21.2 Å². The molecule has 3 rings (SSSR count). The molecule has 0 aromatic heterocycles. The lowest BCUT2D eigenvalue weighted by Crippen LogP contribution is -2.48. The first-order valence-electron chi connectivity index (χ1n) is 7.73. The summed E-state index contributed by atoms with van der Waals surface area (Å²) in [5, 5.41) is 2.75. The number of amides is 1. The van der Waals surface area contributed by atoms with Crippen LogP contribution in [0.1, 0.15) is 40.1 Å². The predicted octanol–water partition coefficient (Wildman–Crippen LogP) is 3.76. The van der Waals surface area contributed by atoms with Crippen molar-refractivity contribution in [2.45, 2.75) is 25.9 Å². The van der Waals surface area contributed by atoms with Crippen molar-refractivity contribution in [2.24, 2.45) is 0 Å². The van der Waals surface area contributed by atoms with Crippen LogP contribution in [-0.2, 0) is 16.0 Å². The van der Waals surface area contributed by atoms with E-state index in [1.54, 1.807) is 43.3 Å². The van der Waals surface area contributed by atoms with Crippen molar-refractivity contribution in [3.63, 3.8) is 0 Å². The van der Waals surface area contributed by atoms with Crippen LogP contribution < -0.4 is 5.32 Å². The Morgan fingerprint density at radius 2 is 1.84 bits per heavy atom. The number of anilines is 1. The molecule has 6 heteroatoms. The molecule has 1 atom stereocenters. The molecule has 0 spiro atoms. The van der Waals surface area contributed by atoms with Crippen molar-refractivity contribution in [3.05, 3.63) is 63.6 Å². The number of carbonyl (C=O) groups excluding carboxylic acids is 3. The molecule has 1 unspecified atom stereocenters. The first kappa shape index (κ1) is 17.4. The van der Waals surface area contributed by atoms with Crippen LogP contribution in [0, 0.1) is 0 Å². The summed E-state index contributed by atoms with van der Waals surface area (Å²) in [6, 6.07) is 11.8. The molecule has 2 aromatic carbocycles. The smallest absolute Gasteiger partial charge is 0.339 e. The summed E-state index contributed by atoms with van der Waals surface area (Å²) in [5.41, 5.74) is 1.03. The highest BCUT2D eigenvalue weighted by Gasteiger charge is 2.42. The van der Waals surface area contributed by atoms with E-state index in [9.17, 15) is 14.4 Å². The maximum absolute atomic E-state index is 12.7. The van der Waals surface area contributed by atoms with E-state index >= 15 is 0 Å². The van der Waals surface area contributed by atoms with E-state index in [0.717, 1.165) is 10.0 Å². The molecule has 5 nitrogen and oxygen atoms in total. The number of halogens is 1. The molecule has 1 heterocycles. The molecule has 25 heavy (non-hydrogen) atoms. The Hall–Kier alpha value is -2.47. The van der Waals surface area contributed by atoms with Gasteiger partial charge in [-0.25, -0.2) is 4.79 Å². The summed E-state index contributed by atoms with van der Waals surface area (Å²) >= 11 is 3.38. The van der Waals surface area contributed by atoms with Crippen molar-refractivity contribution in [2.75, 3.05) is 5.32 Å². The molecule has 0 bridgehead atoms. The van der Waals surface area contributed by atoms with E-state index in [4.69, 9.17) is 4.74 Å². The van der Waals surface area contributed by atoms with Gasteiger partial charge in [-0.05, 0) is 61.9 Å². The Balaban J connectivity index is 1.82. The third-order valence-electron chi connectivity index (χ3n) is 4.16. The average molecular weight is 402 g/mol. The summed E-state index contributed by atoms with van der Waals surface area (Å²) in [6.07, 6.45) is 0.283. The van der Waals surface area contributed by atoms with Crippen molar-refractivity contribution in [1.82, 2.24) is 0 Å². The Kier molecular flexibility index (Phi) is 4.47. The maximum Gasteiger partial charge on any atom is 0.339 e. The highest BCUT2D eigenvalue weighted by Crippen LogP contribution is 2.31. The SMILES string of the molecule is CC(=O)c1ccc(NC(=O)C2(C)Cc3cc(Br)ccc3C(=O)O2)cc1. The molecule has 1 aliphatic rings. The van der Waals surface area contributed by atoms with Gasteiger partial charge in [0, 0.05) is 22.1 Å². The van der Waals surface area contributed by atoms with Crippen LogP contribution in [-0.4, -0.2) is 23.3 Å². The minimum absolute atomic E-state index is 0.0479. The van der Waals surface area contributed by atoms with Gasteiger partial charge in [0.15, 0.2) is 11.4 Å². The minimum Gasteiger partial charge on any atom is -0.445 e. The van der Waals surface area contributed by atoms with Crippen LogP contribution in [0.15, 0.2) is 46.9 Å². The summed E-state index contributed by atoms with van der Waals surface area (Å²) < 4.78 is 6.25. The largest absolute Gasteiger partial charge is 0.445 e. The highest BCUT2D eigenvalue weighted by molar-refractivity contribution is 9.10. The number of hydrogen-bond donors (Lipinski definition) is 1. The van der Waals surface area contributed by atoms with E-state index in [-0.39, 0.29) is 12.2 Å². The number of cyclic esters (lactones) is 1. The number of rotatable bonds is 3. The fourth-order valence-electron chi connectivity index (χ4n) is 2.74. The van der Waals surface area contributed by atoms with E-state index in [0.29, 0.717) is 16.8 Å². The lowest BCUT2D eigenvalue weighted by Gasteiger charge is -2.33. The van der Waals surface area contributed by atoms with Gasteiger partial charge in [-0.2, -0.15) is 0 Å². The van der Waals surface area contributed by atoms with Gasteiger partial charge >= 0.3 is 5.97 Å². The van der Waals surface area contributed by atoms with E-state index in [1.807, 2.05) is 6.07 Å². The maximum atomic E-state index is 12.7. The van der Waals surface area contributed by atoms with Gasteiger partial charge in [0.2, 0.25) is 0 Å². The summed E-state index contributed by atoms with van der Waals surface area (Å²) in [7, 11) is 0. The lowest BCUT2D eigenvalue weighted by molar-refractivity contribution is -0.134. The second kappa shape index (κ2) is 6.44. The van der Waals surface area contributed by atoms with Crippen LogP contribution in [0.3, 0.4) is 0 Å². The van der Waals surface area contributed by atoms with Crippen molar-refractivity contribution in [3.8, 4) is 0 Å². The van der Waals surface area contributed by atoms with E-state index < -0.39 is 17.5 Å². The van der Waals surface area contributed by atoms with Crippen molar-refractivity contribution in [1.29, 1.82) is 0 Å². The molecular weight excluding hydrogens is 386 g/mol. The molecule has 1 amide bonds. The predicted molar refractivity (Wildman–Crippen MR) is 96.7 cm³/mol. The molecule has 128 valence electrons. The van der Waals surface area contributed by atoms with Gasteiger partial charge in [-0.1, -0.05) is 15.9 Å². The molecule has 0 saturated heterocycles. The average Bonchev–Trinajstić information content (AvgIpc) is 2.54. The third kappa shape index (κ3) is 3.49. The van der Waals surface area contributed by atoms with Gasteiger partial charge in [-0.15, -0.1) is 0 Å². The number of esters is 1. The zero-order valence-electron chi connectivity index (χ0n) is 13.8. The number of ketones is 1. The number of Topliss-reactive ketones (excluding diaryl/α,β-unsaturated/α-hetero) is 1. The Labute approximate surface area is 153 Å². The van der Waals surface area contributed by atoms with Gasteiger partial charge in [0.1, 0.15) is 0 Å². The van der Waals surface area contributed by atoms with Gasteiger partial charge < -0.3 is 10.1 Å². The Morgan fingerprint density at radius 3 is 2.48 bits per heavy atom. The number of hydrogen-bond acceptors (Lipinski definition) is 4. The third-order valence-corrected chi connectivity index (χ3v) is 4.66. The second-order valence-corrected chi connectivity index (χ2v) is 7.10. The fourth-order valence-corrected chi connectivity index (χ4v) is 3.15. The zero-order valence-corrected chi connectivity index (χ0v) is 15.3. The normalized spacial score (nSPS) is 18.9. The van der Waals surface area contributed by atoms with Crippen molar-refractivity contribution >= 4 is 39.3 Å². The molecule has 2 aromatic rings. The van der Waals surface area contributed by atoms with Crippen LogP contribution >= 0.6 is 15.9 Å².